The standard InChI is InChI=1S/C17H24ClN3O3S/c1-14(17(22)20-7-2-3-8-20)19-9-11-21(12-10-19)25(23,24)16-6-4-5-15(18)13-16/h4-6,13-14H,2-3,7-12H2,1H3/t14-/m0/s1. The van der Waals surface area contributed by atoms with Crippen LogP contribution in [0.3, 0.4) is 0 Å². The number of likely N-dealkylation sites (tertiary alicyclic amines) is 1. The van der Waals surface area contributed by atoms with Gasteiger partial charge in [0.2, 0.25) is 15.9 Å². The molecule has 0 spiro atoms. The maximum Gasteiger partial charge on any atom is 0.243 e. The minimum absolute atomic E-state index is 0.156. The Balaban J connectivity index is 1.62. The van der Waals surface area contributed by atoms with E-state index in [4.69, 9.17) is 11.6 Å². The number of nitrogens with zero attached hydrogens (tertiary/aromatic N) is 3. The van der Waals surface area contributed by atoms with Gasteiger partial charge in [0.05, 0.1) is 10.9 Å². The first-order valence-corrected chi connectivity index (χ1v) is 10.5. The molecule has 0 aliphatic carbocycles. The van der Waals surface area contributed by atoms with Crippen molar-refractivity contribution in [3.8, 4) is 0 Å². The molecule has 2 aliphatic rings. The molecule has 0 N–H and O–H groups in total. The van der Waals surface area contributed by atoms with E-state index in [1.165, 1.54) is 10.4 Å². The number of carbonyl (C=O) groups is 1. The van der Waals surface area contributed by atoms with Crippen LogP contribution in [0.2, 0.25) is 5.02 Å². The van der Waals surface area contributed by atoms with Gasteiger partial charge in [0.25, 0.3) is 0 Å². The number of halogens is 1. The number of amides is 1. The second-order valence-corrected chi connectivity index (χ2v) is 8.98. The first-order chi connectivity index (χ1) is 11.9. The smallest absolute Gasteiger partial charge is 0.243 e. The third-order valence-corrected chi connectivity index (χ3v) is 7.16. The summed E-state index contributed by atoms with van der Waals surface area (Å²) in [5.41, 5.74) is 0. The van der Waals surface area contributed by atoms with Gasteiger partial charge < -0.3 is 4.90 Å². The zero-order valence-electron chi connectivity index (χ0n) is 14.4. The van der Waals surface area contributed by atoms with Crippen LogP contribution in [0, 0.1) is 0 Å². The van der Waals surface area contributed by atoms with Crippen LogP contribution in [0.4, 0.5) is 0 Å². The van der Waals surface area contributed by atoms with Crippen LogP contribution >= 0.6 is 11.6 Å². The fourth-order valence-corrected chi connectivity index (χ4v) is 5.19. The Morgan fingerprint density at radius 3 is 2.32 bits per heavy atom. The summed E-state index contributed by atoms with van der Waals surface area (Å²) >= 11 is 5.92. The van der Waals surface area contributed by atoms with E-state index in [1.54, 1.807) is 18.2 Å². The van der Waals surface area contributed by atoms with Crippen molar-refractivity contribution in [1.82, 2.24) is 14.1 Å². The molecule has 1 aromatic rings. The van der Waals surface area contributed by atoms with Gasteiger partial charge in [0.1, 0.15) is 0 Å². The minimum atomic E-state index is -3.54. The summed E-state index contributed by atoms with van der Waals surface area (Å²) in [7, 11) is -3.54. The number of hydrogen-bond donors (Lipinski definition) is 0. The van der Waals surface area contributed by atoms with E-state index in [9.17, 15) is 13.2 Å². The lowest BCUT2D eigenvalue weighted by Gasteiger charge is -2.37. The predicted octanol–water partition coefficient (Wildman–Crippen LogP) is 1.66. The maximum atomic E-state index is 12.7. The molecule has 1 amide bonds. The van der Waals surface area contributed by atoms with Gasteiger partial charge in [-0.25, -0.2) is 8.42 Å². The molecule has 25 heavy (non-hydrogen) atoms. The zero-order chi connectivity index (χ0) is 18.0. The fourth-order valence-electron chi connectivity index (χ4n) is 3.47. The van der Waals surface area contributed by atoms with Crippen molar-refractivity contribution in [2.24, 2.45) is 0 Å². The Morgan fingerprint density at radius 2 is 1.72 bits per heavy atom. The van der Waals surface area contributed by atoms with Gasteiger partial charge in [-0.15, -0.1) is 0 Å². The number of sulfonamides is 1. The topological polar surface area (TPSA) is 60.9 Å². The van der Waals surface area contributed by atoms with Gasteiger partial charge in [0, 0.05) is 44.3 Å². The van der Waals surface area contributed by atoms with Crippen molar-refractivity contribution < 1.29 is 13.2 Å². The Bertz CT molecular complexity index is 726. The lowest BCUT2D eigenvalue weighted by Crippen LogP contribution is -2.55. The molecule has 8 heteroatoms. The monoisotopic (exact) mass is 385 g/mol. The summed E-state index contributed by atoms with van der Waals surface area (Å²) in [6.07, 6.45) is 2.15. The van der Waals surface area contributed by atoms with E-state index >= 15 is 0 Å². The van der Waals surface area contributed by atoms with Gasteiger partial charge in [-0.3, -0.25) is 9.69 Å². The molecular weight excluding hydrogens is 362 g/mol. The average Bonchev–Trinajstić information content (AvgIpc) is 3.15. The molecular formula is C17H24ClN3O3S. The van der Waals surface area contributed by atoms with Crippen LogP contribution in [-0.4, -0.2) is 73.7 Å². The van der Waals surface area contributed by atoms with E-state index in [1.807, 2.05) is 11.8 Å². The van der Waals surface area contributed by atoms with Crippen LogP contribution in [0.25, 0.3) is 0 Å². The highest BCUT2D eigenvalue weighted by atomic mass is 35.5. The van der Waals surface area contributed by atoms with Crippen LogP contribution in [0.15, 0.2) is 29.2 Å². The van der Waals surface area contributed by atoms with E-state index < -0.39 is 10.0 Å². The molecule has 0 radical (unpaired) electrons. The molecule has 2 heterocycles. The molecule has 2 saturated heterocycles. The number of hydrogen-bond acceptors (Lipinski definition) is 4. The Hall–Kier alpha value is -1.15. The number of piperazine rings is 1. The SMILES string of the molecule is C[C@@H](C(=O)N1CCCC1)N1CCN(S(=O)(=O)c2cccc(Cl)c2)CC1. The number of rotatable bonds is 4. The normalized spacial score (nSPS) is 21.4. The first kappa shape index (κ1) is 18.6. The summed E-state index contributed by atoms with van der Waals surface area (Å²) in [4.78, 5) is 16.7. The molecule has 2 aliphatic heterocycles. The van der Waals surface area contributed by atoms with Crippen molar-refractivity contribution in [2.45, 2.75) is 30.7 Å². The van der Waals surface area contributed by atoms with Crippen LogP contribution in [0.5, 0.6) is 0 Å². The average molecular weight is 386 g/mol. The van der Waals surface area contributed by atoms with Gasteiger partial charge in [-0.2, -0.15) is 4.31 Å². The second kappa shape index (κ2) is 7.61. The number of carbonyl (C=O) groups excluding carboxylic acids is 1. The van der Waals surface area contributed by atoms with Gasteiger partial charge in [-0.05, 0) is 38.0 Å². The minimum Gasteiger partial charge on any atom is -0.341 e. The Morgan fingerprint density at radius 1 is 1.08 bits per heavy atom. The van der Waals surface area contributed by atoms with Crippen molar-refractivity contribution in [3.05, 3.63) is 29.3 Å². The predicted molar refractivity (Wildman–Crippen MR) is 97.1 cm³/mol. The quantitative estimate of drug-likeness (QED) is 0.790. The molecule has 1 aromatic carbocycles. The van der Waals surface area contributed by atoms with Crippen molar-refractivity contribution in [3.63, 3.8) is 0 Å². The third-order valence-electron chi connectivity index (χ3n) is 5.03. The lowest BCUT2D eigenvalue weighted by atomic mass is 10.2. The van der Waals surface area contributed by atoms with Gasteiger partial charge >= 0.3 is 0 Å². The number of benzene rings is 1. The molecule has 0 unspecified atom stereocenters. The van der Waals surface area contributed by atoms with Crippen molar-refractivity contribution in [2.75, 3.05) is 39.3 Å². The van der Waals surface area contributed by atoms with E-state index in [2.05, 4.69) is 4.90 Å². The third kappa shape index (κ3) is 4.00. The highest BCUT2D eigenvalue weighted by molar-refractivity contribution is 7.89. The summed E-state index contributed by atoms with van der Waals surface area (Å²) in [5, 5.41) is 0.407. The highest BCUT2D eigenvalue weighted by Crippen LogP contribution is 2.22. The molecule has 1 atom stereocenters. The second-order valence-electron chi connectivity index (χ2n) is 6.61. The highest BCUT2D eigenvalue weighted by Gasteiger charge is 2.33. The van der Waals surface area contributed by atoms with E-state index in [0.717, 1.165) is 25.9 Å². The Labute approximate surface area is 154 Å². The molecule has 3 rings (SSSR count). The fraction of sp³-hybridized carbons (Fsp3) is 0.588. The molecule has 0 saturated carbocycles. The van der Waals surface area contributed by atoms with Crippen molar-refractivity contribution >= 4 is 27.5 Å². The molecule has 0 bridgehead atoms. The van der Waals surface area contributed by atoms with E-state index in [0.29, 0.717) is 31.2 Å². The molecule has 138 valence electrons. The summed E-state index contributed by atoms with van der Waals surface area (Å²) in [6.45, 7) is 5.47. The molecule has 2 fully saturated rings. The molecule has 6 nitrogen and oxygen atoms in total. The largest absolute Gasteiger partial charge is 0.341 e. The summed E-state index contributed by atoms with van der Waals surface area (Å²) in [6, 6.07) is 6.14. The maximum absolute atomic E-state index is 12.7. The summed E-state index contributed by atoms with van der Waals surface area (Å²) in [5.74, 6) is 0.156. The van der Waals surface area contributed by atoms with Crippen LogP contribution in [0.1, 0.15) is 19.8 Å². The molecule has 0 aromatic heterocycles. The first-order valence-electron chi connectivity index (χ1n) is 8.68. The zero-order valence-corrected chi connectivity index (χ0v) is 16.0. The van der Waals surface area contributed by atoms with Gasteiger partial charge in [0.15, 0.2) is 0 Å². The summed E-state index contributed by atoms with van der Waals surface area (Å²) < 4.78 is 26.9. The van der Waals surface area contributed by atoms with Gasteiger partial charge in [-0.1, -0.05) is 17.7 Å². The van der Waals surface area contributed by atoms with E-state index in [-0.39, 0.29) is 16.8 Å². The van der Waals surface area contributed by atoms with Crippen LogP contribution in [-0.2, 0) is 14.8 Å². The van der Waals surface area contributed by atoms with Crippen LogP contribution < -0.4 is 0 Å². The Kier molecular flexibility index (Phi) is 5.68. The van der Waals surface area contributed by atoms with Crippen molar-refractivity contribution in [1.29, 1.82) is 0 Å². The lowest BCUT2D eigenvalue weighted by molar-refractivity contribution is -0.135.